The second-order valence-electron chi connectivity index (χ2n) is 6.07. The van der Waals surface area contributed by atoms with Crippen molar-refractivity contribution in [1.29, 1.82) is 0 Å². The van der Waals surface area contributed by atoms with E-state index >= 15 is 0 Å². The summed E-state index contributed by atoms with van der Waals surface area (Å²) >= 11 is 0. The smallest absolute Gasteiger partial charge is 0.138 e. The van der Waals surface area contributed by atoms with E-state index in [1.165, 1.54) is 12.1 Å². The predicted molar refractivity (Wildman–Crippen MR) is 89.9 cm³/mol. The van der Waals surface area contributed by atoms with Crippen molar-refractivity contribution in [3.63, 3.8) is 0 Å². The van der Waals surface area contributed by atoms with Gasteiger partial charge in [0, 0.05) is 36.1 Å². The summed E-state index contributed by atoms with van der Waals surface area (Å²) in [5.74, 6) is -0.451. The zero-order valence-corrected chi connectivity index (χ0v) is 14.3. The van der Waals surface area contributed by atoms with Crippen molar-refractivity contribution in [2.24, 2.45) is 0 Å². The SMILES string of the molecule is Cc1noc(C)c1CN(C)[C@@H](c1cccnc1)c1ccc(F)cc1F. The zero-order chi connectivity index (χ0) is 18.0. The molecule has 25 heavy (non-hydrogen) atoms. The summed E-state index contributed by atoms with van der Waals surface area (Å²) in [7, 11) is 1.88. The molecule has 0 N–H and O–H groups in total. The Kier molecular flexibility index (Phi) is 4.90. The van der Waals surface area contributed by atoms with Crippen LogP contribution in [0.25, 0.3) is 0 Å². The van der Waals surface area contributed by atoms with Gasteiger partial charge in [0.05, 0.1) is 11.7 Å². The lowest BCUT2D eigenvalue weighted by atomic mass is 9.97. The van der Waals surface area contributed by atoms with Crippen LogP contribution >= 0.6 is 0 Å². The average Bonchev–Trinajstić information content (AvgIpc) is 2.90. The van der Waals surface area contributed by atoms with E-state index in [0.29, 0.717) is 12.1 Å². The van der Waals surface area contributed by atoms with Gasteiger partial charge in [-0.25, -0.2) is 8.78 Å². The molecule has 0 saturated carbocycles. The molecule has 1 aromatic carbocycles. The van der Waals surface area contributed by atoms with Gasteiger partial charge in [0.25, 0.3) is 0 Å². The maximum absolute atomic E-state index is 14.5. The summed E-state index contributed by atoms with van der Waals surface area (Å²) in [6.07, 6.45) is 3.35. The molecule has 2 aromatic heterocycles. The van der Waals surface area contributed by atoms with E-state index in [1.807, 2.05) is 31.9 Å². The van der Waals surface area contributed by atoms with E-state index in [9.17, 15) is 8.78 Å². The first-order valence-corrected chi connectivity index (χ1v) is 7.94. The van der Waals surface area contributed by atoms with E-state index < -0.39 is 17.7 Å². The van der Waals surface area contributed by atoms with Gasteiger partial charge in [0.15, 0.2) is 0 Å². The minimum Gasteiger partial charge on any atom is -0.361 e. The van der Waals surface area contributed by atoms with Crippen LogP contribution in [-0.4, -0.2) is 22.1 Å². The van der Waals surface area contributed by atoms with Gasteiger partial charge < -0.3 is 4.52 Å². The second-order valence-corrected chi connectivity index (χ2v) is 6.07. The first kappa shape index (κ1) is 17.2. The number of pyridine rings is 1. The molecule has 0 spiro atoms. The van der Waals surface area contributed by atoms with Crippen LogP contribution in [0, 0.1) is 25.5 Å². The van der Waals surface area contributed by atoms with E-state index in [2.05, 4.69) is 10.1 Å². The van der Waals surface area contributed by atoms with Crippen molar-refractivity contribution < 1.29 is 13.3 Å². The van der Waals surface area contributed by atoms with Crippen LogP contribution in [0.15, 0.2) is 47.2 Å². The fraction of sp³-hybridized carbons (Fsp3) is 0.263. The van der Waals surface area contributed by atoms with Crippen LogP contribution in [0.4, 0.5) is 8.78 Å². The number of halogens is 2. The molecule has 0 aliphatic carbocycles. The molecular formula is C19H19F2N3O. The first-order chi connectivity index (χ1) is 12.0. The molecule has 0 aliphatic heterocycles. The van der Waals surface area contributed by atoms with Crippen molar-refractivity contribution >= 4 is 0 Å². The summed E-state index contributed by atoms with van der Waals surface area (Å²) in [6.45, 7) is 4.23. The largest absolute Gasteiger partial charge is 0.361 e. The monoisotopic (exact) mass is 343 g/mol. The van der Waals surface area contributed by atoms with Gasteiger partial charge in [-0.2, -0.15) is 0 Å². The van der Waals surface area contributed by atoms with Gasteiger partial charge in [-0.3, -0.25) is 9.88 Å². The third-order valence-electron chi connectivity index (χ3n) is 4.29. The van der Waals surface area contributed by atoms with E-state index in [1.54, 1.807) is 18.5 Å². The fourth-order valence-corrected chi connectivity index (χ4v) is 3.00. The zero-order valence-electron chi connectivity index (χ0n) is 14.3. The van der Waals surface area contributed by atoms with Crippen LogP contribution in [0.5, 0.6) is 0 Å². The van der Waals surface area contributed by atoms with Crippen molar-refractivity contribution in [1.82, 2.24) is 15.0 Å². The fourth-order valence-electron chi connectivity index (χ4n) is 3.00. The molecule has 0 unspecified atom stereocenters. The van der Waals surface area contributed by atoms with Gasteiger partial charge in [0.2, 0.25) is 0 Å². The Morgan fingerprint density at radius 2 is 2.00 bits per heavy atom. The van der Waals surface area contributed by atoms with E-state index in [-0.39, 0.29) is 0 Å². The van der Waals surface area contributed by atoms with Gasteiger partial charge in [0.1, 0.15) is 17.4 Å². The molecule has 1 atom stereocenters. The Morgan fingerprint density at radius 3 is 2.60 bits per heavy atom. The Hall–Kier alpha value is -2.60. The maximum atomic E-state index is 14.5. The molecular weight excluding hydrogens is 324 g/mol. The molecule has 6 heteroatoms. The molecule has 0 amide bonds. The summed E-state index contributed by atoms with van der Waals surface area (Å²) < 4.78 is 33.0. The predicted octanol–water partition coefficient (Wildman–Crippen LogP) is 4.19. The Bertz CT molecular complexity index is 845. The van der Waals surface area contributed by atoms with Gasteiger partial charge >= 0.3 is 0 Å². The Labute approximate surface area is 145 Å². The molecule has 3 rings (SSSR count). The highest BCUT2D eigenvalue weighted by molar-refractivity contribution is 5.32. The molecule has 0 bridgehead atoms. The lowest BCUT2D eigenvalue weighted by Gasteiger charge is -2.29. The minimum atomic E-state index is -0.598. The maximum Gasteiger partial charge on any atom is 0.138 e. The van der Waals surface area contributed by atoms with Gasteiger partial charge in [-0.05, 0) is 38.6 Å². The first-order valence-electron chi connectivity index (χ1n) is 7.94. The topological polar surface area (TPSA) is 42.2 Å². The standard InChI is InChI=1S/C19H19F2N3O/c1-12-17(13(2)25-23-12)11-24(3)19(14-5-4-8-22-10-14)16-7-6-15(20)9-18(16)21/h4-10,19H,11H2,1-3H3/t19-/m0/s1. The number of aryl methyl sites for hydroxylation is 2. The van der Waals surface area contributed by atoms with Crippen LogP contribution in [-0.2, 0) is 6.54 Å². The summed E-state index contributed by atoms with van der Waals surface area (Å²) in [5, 5.41) is 3.97. The second kappa shape index (κ2) is 7.11. The third-order valence-corrected chi connectivity index (χ3v) is 4.29. The van der Waals surface area contributed by atoms with E-state index in [0.717, 1.165) is 28.6 Å². The van der Waals surface area contributed by atoms with Crippen LogP contribution in [0.1, 0.15) is 34.2 Å². The molecule has 130 valence electrons. The molecule has 0 radical (unpaired) electrons. The number of rotatable bonds is 5. The lowest BCUT2D eigenvalue weighted by Crippen LogP contribution is -2.26. The molecule has 2 heterocycles. The van der Waals surface area contributed by atoms with Crippen LogP contribution in [0.3, 0.4) is 0 Å². The number of benzene rings is 1. The summed E-state index contributed by atoms with van der Waals surface area (Å²) in [6, 6.07) is 6.92. The number of nitrogens with zero attached hydrogens (tertiary/aromatic N) is 3. The molecule has 3 aromatic rings. The van der Waals surface area contributed by atoms with Crippen molar-refractivity contribution in [3.8, 4) is 0 Å². The molecule has 0 aliphatic rings. The normalized spacial score (nSPS) is 12.6. The quantitative estimate of drug-likeness (QED) is 0.697. The Morgan fingerprint density at radius 1 is 1.20 bits per heavy atom. The number of hydrogen-bond acceptors (Lipinski definition) is 4. The molecule has 4 nitrogen and oxygen atoms in total. The highest BCUT2D eigenvalue weighted by atomic mass is 19.1. The highest BCUT2D eigenvalue weighted by Gasteiger charge is 2.25. The average molecular weight is 343 g/mol. The number of aromatic nitrogens is 2. The summed E-state index contributed by atoms with van der Waals surface area (Å²) in [4.78, 5) is 6.11. The van der Waals surface area contributed by atoms with Crippen molar-refractivity contribution in [3.05, 3.63) is 82.5 Å². The molecule has 0 saturated heterocycles. The van der Waals surface area contributed by atoms with Gasteiger partial charge in [-0.15, -0.1) is 0 Å². The highest BCUT2D eigenvalue weighted by Crippen LogP contribution is 2.31. The van der Waals surface area contributed by atoms with Crippen molar-refractivity contribution in [2.75, 3.05) is 7.05 Å². The Balaban J connectivity index is 2.02. The number of hydrogen-bond donors (Lipinski definition) is 0. The van der Waals surface area contributed by atoms with Crippen molar-refractivity contribution in [2.45, 2.75) is 26.4 Å². The lowest BCUT2D eigenvalue weighted by molar-refractivity contribution is 0.262. The minimum absolute atomic E-state index is 0.392. The van der Waals surface area contributed by atoms with E-state index in [4.69, 9.17) is 4.52 Å². The third kappa shape index (κ3) is 3.58. The molecule has 0 fully saturated rings. The van der Waals surface area contributed by atoms with Gasteiger partial charge in [-0.1, -0.05) is 17.3 Å². The van der Waals surface area contributed by atoms with Crippen LogP contribution < -0.4 is 0 Å². The van der Waals surface area contributed by atoms with Crippen LogP contribution in [0.2, 0.25) is 0 Å². The summed E-state index contributed by atoms with van der Waals surface area (Å²) in [5.41, 5.74) is 2.97.